The fourth-order valence-corrected chi connectivity index (χ4v) is 2.53. The molecule has 2 aromatic carbocycles. The second kappa shape index (κ2) is 6.49. The lowest BCUT2D eigenvalue weighted by Crippen LogP contribution is -2.22. The average Bonchev–Trinajstić information content (AvgIpc) is 3.10. The summed E-state index contributed by atoms with van der Waals surface area (Å²) in [5, 5.41) is 14.9. The Morgan fingerprint density at radius 2 is 1.64 bits per heavy atom. The maximum Gasteiger partial charge on any atom is 0.143 e. The summed E-state index contributed by atoms with van der Waals surface area (Å²) in [5.74, 6) is 0. The molecule has 0 bridgehead atoms. The lowest BCUT2D eigenvalue weighted by atomic mass is 10.0. The van der Waals surface area contributed by atoms with Crippen LogP contribution in [0.2, 0.25) is 0 Å². The summed E-state index contributed by atoms with van der Waals surface area (Å²) >= 11 is 0. The van der Waals surface area contributed by atoms with Crippen LogP contribution < -0.4 is 5.32 Å². The monoisotopic (exact) mass is 293 g/mol. The van der Waals surface area contributed by atoms with Crippen LogP contribution in [0.3, 0.4) is 0 Å². The summed E-state index contributed by atoms with van der Waals surface area (Å²) < 4.78 is 1.66. The van der Waals surface area contributed by atoms with Gasteiger partial charge in [0.2, 0.25) is 0 Å². The molecule has 0 spiro atoms. The summed E-state index contributed by atoms with van der Waals surface area (Å²) in [6, 6.07) is 19.2. The molecule has 1 N–H and O–H groups in total. The van der Waals surface area contributed by atoms with Crippen LogP contribution in [0.15, 0.2) is 60.9 Å². The topological polar surface area (TPSA) is 55.6 Å². The molecule has 2 unspecified atom stereocenters. The highest BCUT2D eigenvalue weighted by Crippen LogP contribution is 2.20. The largest absolute Gasteiger partial charge is 0.304 e. The predicted octanol–water partition coefficient (Wildman–Crippen LogP) is 3.07. The van der Waals surface area contributed by atoms with E-state index in [1.165, 1.54) is 11.1 Å². The number of nitrogens with one attached hydrogen (secondary N) is 1. The number of benzene rings is 2. The highest BCUT2D eigenvalue weighted by molar-refractivity contribution is 5.36. The highest BCUT2D eigenvalue weighted by Gasteiger charge is 2.11. The van der Waals surface area contributed by atoms with Gasteiger partial charge in [0, 0.05) is 12.1 Å². The van der Waals surface area contributed by atoms with Crippen molar-refractivity contribution >= 4 is 0 Å². The third-order valence-electron chi connectivity index (χ3n) is 3.78. The summed E-state index contributed by atoms with van der Waals surface area (Å²) in [4.78, 5) is 0. The average molecular weight is 293 g/mol. The fraction of sp³-hybridized carbons (Fsp3) is 0.235. The van der Waals surface area contributed by atoms with E-state index in [1.54, 1.807) is 11.0 Å². The van der Waals surface area contributed by atoms with E-state index in [2.05, 4.69) is 71.1 Å². The Kier molecular flexibility index (Phi) is 4.25. The summed E-state index contributed by atoms with van der Waals surface area (Å²) in [6.07, 6.45) is 1.60. The molecular formula is C17H19N5. The van der Waals surface area contributed by atoms with Crippen LogP contribution >= 0.6 is 0 Å². The number of hydrogen-bond donors (Lipinski definition) is 1. The molecule has 0 aliphatic carbocycles. The van der Waals surface area contributed by atoms with Crippen molar-refractivity contribution in [1.82, 2.24) is 25.5 Å². The lowest BCUT2D eigenvalue weighted by molar-refractivity contribution is 0.494. The van der Waals surface area contributed by atoms with Gasteiger partial charge in [-0.1, -0.05) is 42.5 Å². The number of rotatable bonds is 5. The van der Waals surface area contributed by atoms with Gasteiger partial charge in [-0.25, -0.2) is 4.68 Å². The van der Waals surface area contributed by atoms with Gasteiger partial charge < -0.3 is 5.32 Å². The summed E-state index contributed by atoms with van der Waals surface area (Å²) in [6.45, 7) is 4.34. The van der Waals surface area contributed by atoms with Crippen molar-refractivity contribution in [3.8, 4) is 5.69 Å². The first-order valence-electron chi connectivity index (χ1n) is 7.38. The molecule has 2 atom stereocenters. The molecule has 5 heteroatoms. The van der Waals surface area contributed by atoms with Gasteiger partial charge in [-0.3, -0.25) is 0 Å². The smallest absolute Gasteiger partial charge is 0.143 e. The number of nitrogens with zero attached hydrogens (tertiary/aromatic N) is 4. The molecule has 0 radical (unpaired) electrons. The molecule has 3 rings (SSSR count). The van der Waals surface area contributed by atoms with Crippen molar-refractivity contribution in [1.29, 1.82) is 0 Å². The molecule has 22 heavy (non-hydrogen) atoms. The first kappa shape index (κ1) is 14.4. The van der Waals surface area contributed by atoms with Gasteiger partial charge in [0.15, 0.2) is 0 Å². The zero-order valence-corrected chi connectivity index (χ0v) is 12.7. The van der Waals surface area contributed by atoms with Gasteiger partial charge in [0.1, 0.15) is 6.33 Å². The molecule has 0 aliphatic heterocycles. The first-order valence-corrected chi connectivity index (χ1v) is 7.38. The van der Waals surface area contributed by atoms with Crippen molar-refractivity contribution in [3.63, 3.8) is 0 Å². The van der Waals surface area contributed by atoms with E-state index < -0.39 is 0 Å². The van der Waals surface area contributed by atoms with Crippen LogP contribution in [0, 0.1) is 0 Å². The molecule has 1 heterocycles. The van der Waals surface area contributed by atoms with Crippen LogP contribution in [-0.4, -0.2) is 20.2 Å². The number of aromatic nitrogens is 4. The number of hydrogen-bond acceptors (Lipinski definition) is 4. The quantitative estimate of drug-likeness (QED) is 0.785. The van der Waals surface area contributed by atoms with Crippen LogP contribution in [0.4, 0.5) is 0 Å². The van der Waals surface area contributed by atoms with Crippen LogP contribution in [0.1, 0.15) is 37.1 Å². The molecule has 0 amide bonds. The third kappa shape index (κ3) is 3.20. The Morgan fingerprint density at radius 1 is 0.909 bits per heavy atom. The number of tetrazole rings is 1. The maximum atomic E-state index is 3.93. The van der Waals surface area contributed by atoms with Crippen molar-refractivity contribution in [2.75, 3.05) is 0 Å². The van der Waals surface area contributed by atoms with Gasteiger partial charge >= 0.3 is 0 Å². The van der Waals surface area contributed by atoms with Crippen molar-refractivity contribution in [3.05, 3.63) is 72.1 Å². The van der Waals surface area contributed by atoms with E-state index in [1.807, 2.05) is 18.2 Å². The van der Waals surface area contributed by atoms with E-state index in [4.69, 9.17) is 0 Å². The van der Waals surface area contributed by atoms with Crippen molar-refractivity contribution in [2.24, 2.45) is 0 Å². The molecule has 0 aliphatic rings. The van der Waals surface area contributed by atoms with Crippen LogP contribution in [-0.2, 0) is 0 Å². The second-order valence-corrected chi connectivity index (χ2v) is 5.37. The van der Waals surface area contributed by atoms with Gasteiger partial charge in [-0.15, -0.1) is 5.10 Å². The fourth-order valence-electron chi connectivity index (χ4n) is 2.53. The predicted molar refractivity (Wildman–Crippen MR) is 85.6 cm³/mol. The van der Waals surface area contributed by atoms with E-state index in [0.717, 1.165) is 5.69 Å². The Bertz CT molecular complexity index is 709. The third-order valence-corrected chi connectivity index (χ3v) is 3.78. The van der Waals surface area contributed by atoms with Gasteiger partial charge in [0.05, 0.1) is 5.69 Å². The molecule has 0 saturated heterocycles. The van der Waals surface area contributed by atoms with Crippen LogP contribution in [0.25, 0.3) is 5.69 Å². The van der Waals surface area contributed by atoms with E-state index in [-0.39, 0.29) is 12.1 Å². The van der Waals surface area contributed by atoms with Crippen molar-refractivity contribution < 1.29 is 0 Å². The zero-order valence-electron chi connectivity index (χ0n) is 12.7. The van der Waals surface area contributed by atoms with Gasteiger partial charge in [-0.2, -0.15) is 0 Å². The first-order chi connectivity index (χ1) is 10.7. The SMILES string of the molecule is CC(NC(C)c1cccc(-n2cnnn2)c1)c1ccccc1. The molecular weight excluding hydrogens is 274 g/mol. The molecule has 0 saturated carbocycles. The standard InChI is InChI=1S/C17H19N5/c1-13(15-7-4-3-5-8-15)19-14(2)16-9-6-10-17(11-16)22-12-18-20-21-22/h3-14,19H,1-2H3. The maximum absolute atomic E-state index is 3.93. The van der Waals surface area contributed by atoms with Crippen molar-refractivity contribution in [2.45, 2.75) is 25.9 Å². The Balaban J connectivity index is 1.75. The van der Waals surface area contributed by atoms with Crippen LogP contribution in [0.5, 0.6) is 0 Å². The normalized spacial score (nSPS) is 13.7. The molecule has 112 valence electrons. The molecule has 1 aromatic heterocycles. The summed E-state index contributed by atoms with van der Waals surface area (Å²) in [7, 11) is 0. The van der Waals surface area contributed by atoms with E-state index in [9.17, 15) is 0 Å². The summed E-state index contributed by atoms with van der Waals surface area (Å²) in [5.41, 5.74) is 3.45. The highest BCUT2D eigenvalue weighted by atomic mass is 15.5. The van der Waals surface area contributed by atoms with E-state index in [0.29, 0.717) is 0 Å². The minimum atomic E-state index is 0.228. The Hall–Kier alpha value is -2.53. The minimum absolute atomic E-state index is 0.228. The molecule has 0 fully saturated rings. The molecule has 5 nitrogen and oxygen atoms in total. The zero-order chi connectivity index (χ0) is 15.4. The second-order valence-electron chi connectivity index (χ2n) is 5.37. The minimum Gasteiger partial charge on any atom is -0.304 e. The van der Waals surface area contributed by atoms with E-state index >= 15 is 0 Å². The lowest BCUT2D eigenvalue weighted by Gasteiger charge is -2.21. The Morgan fingerprint density at radius 3 is 2.36 bits per heavy atom. The Labute approximate surface area is 130 Å². The molecule has 3 aromatic rings. The van der Waals surface area contributed by atoms with Gasteiger partial charge in [-0.05, 0) is 47.5 Å². The van der Waals surface area contributed by atoms with Gasteiger partial charge in [0.25, 0.3) is 0 Å².